The predicted octanol–water partition coefficient (Wildman–Crippen LogP) is 1.25. The van der Waals surface area contributed by atoms with Crippen LogP contribution in [0, 0.1) is 0 Å². The van der Waals surface area contributed by atoms with Crippen LogP contribution in [-0.2, 0) is 16.1 Å². The minimum absolute atomic E-state index is 0.115. The number of hydrogen-bond acceptors (Lipinski definition) is 3. The molecule has 2 aliphatic rings. The van der Waals surface area contributed by atoms with Gasteiger partial charge in [-0.25, -0.2) is 0 Å². The number of carbonyl (C=O) groups is 1. The number of rotatable bonds is 5. The quantitative estimate of drug-likeness (QED) is 0.888. The van der Waals surface area contributed by atoms with Crippen molar-refractivity contribution in [1.82, 2.24) is 14.8 Å². The van der Waals surface area contributed by atoms with Gasteiger partial charge in [0.15, 0.2) is 0 Å². The van der Waals surface area contributed by atoms with E-state index in [1.165, 1.54) is 12.8 Å². The topological polar surface area (TPSA) is 46.5 Å². The SMILES string of the molecule is O=C(Cn1cccc1)NC1CCN(C[C@@H]2CCCO2)CC1. The summed E-state index contributed by atoms with van der Waals surface area (Å²) in [7, 11) is 0. The van der Waals surface area contributed by atoms with E-state index < -0.39 is 0 Å². The molecule has 3 rings (SSSR count). The van der Waals surface area contributed by atoms with Crippen molar-refractivity contribution >= 4 is 5.91 Å². The number of carbonyl (C=O) groups excluding carboxylic acids is 1. The fourth-order valence-corrected chi connectivity index (χ4v) is 3.25. The van der Waals surface area contributed by atoms with E-state index in [0.717, 1.165) is 39.1 Å². The van der Waals surface area contributed by atoms with Crippen molar-refractivity contribution in [3.8, 4) is 0 Å². The first-order chi connectivity index (χ1) is 10.3. The van der Waals surface area contributed by atoms with Gasteiger partial charge in [-0.1, -0.05) is 0 Å². The molecule has 0 aliphatic carbocycles. The number of likely N-dealkylation sites (tertiary alicyclic amines) is 1. The third-order valence-corrected chi connectivity index (χ3v) is 4.43. The van der Waals surface area contributed by atoms with Gasteiger partial charge >= 0.3 is 0 Å². The van der Waals surface area contributed by atoms with Crippen LogP contribution in [0.25, 0.3) is 0 Å². The Morgan fingerprint density at radius 2 is 1.95 bits per heavy atom. The standard InChI is InChI=1S/C16H25N3O2/c20-16(13-18-7-1-2-8-18)17-14-5-9-19(10-6-14)12-15-4-3-11-21-15/h1-2,7-8,14-15H,3-6,9-13H2,(H,17,20)/t15-/m0/s1. The molecule has 3 heterocycles. The molecule has 5 heteroatoms. The van der Waals surface area contributed by atoms with E-state index in [4.69, 9.17) is 4.74 Å². The molecular formula is C16H25N3O2. The van der Waals surface area contributed by atoms with Gasteiger partial charge in [-0.15, -0.1) is 0 Å². The second kappa shape index (κ2) is 7.09. The molecule has 1 aromatic heterocycles. The van der Waals surface area contributed by atoms with Crippen LogP contribution in [0.5, 0.6) is 0 Å². The summed E-state index contributed by atoms with van der Waals surface area (Å²) >= 11 is 0. The smallest absolute Gasteiger partial charge is 0.240 e. The van der Waals surface area contributed by atoms with Crippen molar-refractivity contribution in [2.24, 2.45) is 0 Å². The van der Waals surface area contributed by atoms with Gasteiger partial charge in [-0.2, -0.15) is 0 Å². The van der Waals surface area contributed by atoms with Crippen LogP contribution in [0.15, 0.2) is 24.5 Å². The van der Waals surface area contributed by atoms with Crippen molar-refractivity contribution in [2.75, 3.05) is 26.2 Å². The first-order valence-corrected chi connectivity index (χ1v) is 8.04. The van der Waals surface area contributed by atoms with Crippen LogP contribution in [0.4, 0.5) is 0 Å². The molecule has 5 nitrogen and oxygen atoms in total. The van der Waals surface area contributed by atoms with Crippen molar-refractivity contribution in [3.63, 3.8) is 0 Å². The summed E-state index contributed by atoms with van der Waals surface area (Å²) in [6, 6.07) is 4.21. The van der Waals surface area contributed by atoms with Crippen molar-refractivity contribution < 1.29 is 9.53 Å². The van der Waals surface area contributed by atoms with Crippen LogP contribution >= 0.6 is 0 Å². The molecule has 1 amide bonds. The molecule has 0 saturated carbocycles. The third kappa shape index (κ3) is 4.32. The monoisotopic (exact) mass is 291 g/mol. The highest BCUT2D eigenvalue weighted by Crippen LogP contribution is 2.17. The second-order valence-electron chi connectivity index (χ2n) is 6.13. The van der Waals surface area contributed by atoms with Crippen molar-refractivity contribution in [3.05, 3.63) is 24.5 Å². The maximum absolute atomic E-state index is 12.0. The lowest BCUT2D eigenvalue weighted by molar-refractivity contribution is -0.122. The Labute approximate surface area is 126 Å². The molecule has 0 spiro atoms. The zero-order chi connectivity index (χ0) is 14.5. The lowest BCUT2D eigenvalue weighted by Gasteiger charge is -2.33. The van der Waals surface area contributed by atoms with Gasteiger partial charge in [0.2, 0.25) is 5.91 Å². The maximum atomic E-state index is 12.0. The summed E-state index contributed by atoms with van der Waals surface area (Å²) in [5.74, 6) is 0.115. The molecule has 0 bridgehead atoms. The highest BCUT2D eigenvalue weighted by Gasteiger charge is 2.24. The Bertz CT molecular complexity index is 432. The molecule has 0 aromatic carbocycles. The van der Waals surface area contributed by atoms with E-state index in [9.17, 15) is 4.79 Å². The number of nitrogens with zero attached hydrogens (tertiary/aromatic N) is 2. The summed E-state index contributed by atoms with van der Waals surface area (Å²) in [6.45, 7) is 4.53. The molecule has 1 N–H and O–H groups in total. The van der Waals surface area contributed by atoms with Crippen LogP contribution in [-0.4, -0.2) is 53.8 Å². The number of aromatic nitrogens is 1. The largest absolute Gasteiger partial charge is 0.377 e. The zero-order valence-corrected chi connectivity index (χ0v) is 12.5. The van der Waals surface area contributed by atoms with Crippen molar-refractivity contribution in [2.45, 2.75) is 44.4 Å². The molecule has 2 aliphatic heterocycles. The zero-order valence-electron chi connectivity index (χ0n) is 12.5. The molecule has 1 atom stereocenters. The van der Waals surface area contributed by atoms with Crippen LogP contribution in [0.2, 0.25) is 0 Å². The maximum Gasteiger partial charge on any atom is 0.240 e. The number of amides is 1. The molecule has 1 aromatic rings. The van der Waals surface area contributed by atoms with Gasteiger partial charge < -0.3 is 19.5 Å². The van der Waals surface area contributed by atoms with E-state index in [0.29, 0.717) is 18.7 Å². The van der Waals surface area contributed by atoms with E-state index >= 15 is 0 Å². The third-order valence-electron chi connectivity index (χ3n) is 4.43. The lowest BCUT2D eigenvalue weighted by atomic mass is 10.0. The molecule has 116 valence electrons. The van der Waals surface area contributed by atoms with E-state index in [1.54, 1.807) is 0 Å². The number of nitrogens with one attached hydrogen (secondary N) is 1. The summed E-state index contributed by atoms with van der Waals surface area (Å²) in [5, 5.41) is 3.15. The molecule has 21 heavy (non-hydrogen) atoms. The normalized spacial score (nSPS) is 24.3. The first kappa shape index (κ1) is 14.6. The molecule has 0 radical (unpaired) electrons. The average molecular weight is 291 g/mol. The van der Waals surface area contributed by atoms with Gasteiger partial charge in [0.05, 0.1) is 6.10 Å². The summed E-state index contributed by atoms with van der Waals surface area (Å²) in [6.07, 6.45) is 8.77. The van der Waals surface area contributed by atoms with Gasteiger partial charge in [0.1, 0.15) is 6.54 Å². The number of hydrogen-bond donors (Lipinski definition) is 1. The Kier molecular flexibility index (Phi) is 4.93. The molecule has 2 fully saturated rings. The number of ether oxygens (including phenoxy) is 1. The summed E-state index contributed by atoms with van der Waals surface area (Å²) in [5.41, 5.74) is 0. The van der Waals surface area contributed by atoms with Crippen molar-refractivity contribution in [1.29, 1.82) is 0 Å². The minimum Gasteiger partial charge on any atom is -0.377 e. The lowest BCUT2D eigenvalue weighted by Crippen LogP contribution is -2.47. The highest BCUT2D eigenvalue weighted by atomic mass is 16.5. The number of piperidine rings is 1. The molecule has 0 unspecified atom stereocenters. The van der Waals surface area contributed by atoms with Gasteiger partial charge in [-0.05, 0) is 37.8 Å². The van der Waals surface area contributed by atoms with E-state index in [2.05, 4.69) is 10.2 Å². The minimum atomic E-state index is 0.115. The molecular weight excluding hydrogens is 266 g/mol. The van der Waals surface area contributed by atoms with Gasteiger partial charge in [0.25, 0.3) is 0 Å². The van der Waals surface area contributed by atoms with Crippen LogP contribution < -0.4 is 5.32 Å². The fourth-order valence-electron chi connectivity index (χ4n) is 3.25. The summed E-state index contributed by atoms with van der Waals surface area (Å²) in [4.78, 5) is 14.5. The first-order valence-electron chi connectivity index (χ1n) is 8.04. The van der Waals surface area contributed by atoms with Gasteiger partial charge in [-0.3, -0.25) is 4.79 Å². The van der Waals surface area contributed by atoms with E-state index in [-0.39, 0.29) is 5.91 Å². The summed E-state index contributed by atoms with van der Waals surface area (Å²) < 4.78 is 7.60. The van der Waals surface area contributed by atoms with Crippen LogP contribution in [0.1, 0.15) is 25.7 Å². The Balaban J connectivity index is 1.36. The fraction of sp³-hybridized carbons (Fsp3) is 0.688. The Hall–Kier alpha value is -1.33. The second-order valence-corrected chi connectivity index (χ2v) is 6.13. The molecule has 2 saturated heterocycles. The van der Waals surface area contributed by atoms with E-state index in [1.807, 2.05) is 29.1 Å². The van der Waals surface area contributed by atoms with Gasteiger partial charge in [0, 0.05) is 44.7 Å². The van der Waals surface area contributed by atoms with Crippen LogP contribution in [0.3, 0.4) is 0 Å². The Morgan fingerprint density at radius 1 is 1.19 bits per heavy atom. The Morgan fingerprint density at radius 3 is 2.62 bits per heavy atom. The highest BCUT2D eigenvalue weighted by molar-refractivity contribution is 5.76. The predicted molar refractivity (Wildman–Crippen MR) is 81.0 cm³/mol. The average Bonchev–Trinajstić information content (AvgIpc) is 3.14.